The number of carbonyl (C=O) groups excluding carboxylic acids is 1. The summed E-state index contributed by atoms with van der Waals surface area (Å²) >= 11 is 0. The number of para-hydroxylation sites is 3. The number of methoxy groups -OCH3 is 1. The van der Waals surface area contributed by atoms with Gasteiger partial charge in [-0.2, -0.15) is 0 Å². The van der Waals surface area contributed by atoms with Crippen molar-refractivity contribution >= 4 is 16.9 Å². The zero-order valence-corrected chi connectivity index (χ0v) is 19.2. The van der Waals surface area contributed by atoms with Gasteiger partial charge in [-0.1, -0.05) is 30.3 Å². The Hall–Kier alpha value is -3.65. The number of benzene rings is 2. The molecule has 2 aromatic heterocycles. The zero-order valence-electron chi connectivity index (χ0n) is 19.2. The number of nitrogens with zero attached hydrogens (tertiary/aromatic N) is 3. The van der Waals surface area contributed by atoms with Gasteiger partial charge in [0.1, 0.15) is 30.5 Å². The first-order valence-corrected chi connectivity index (χ1v) is 11.5. The summed E-state index contributed by atoms with van der Waals surface area (Å²) in [5.41, 5.74) is 2.90. The summed E-state index contributed by atoms with van der Waals surface area (Å²) in [6.07, 6.45) is 4.24. The molecule has 0 saturated carbocycles. The molecule has 1 fully saturated rings. The monoisotopic (exact) mass is 460 g/mol. The lowest BCUT2D eigenvalue weighted by atomic mass is 9.98. The number of imidazole rings is 1. The third-order valence-electron chi connectivity index (χ3n) is 6.15. The third-order valence-corrected chi connectivity index (χ3v) is 6.15. The number of amides is 1. The summed E-state index contributed by atoms with van der Waals surface area (Å²) in [6, 6.07) is 15.7. The van der Waals surface area contributed by atoms with E-state index in [2.05, 4.69) is 15.0 Å². The van der Waals surface area contributed by atoms with Gasteiger partial charge in [0.05, 0.1) is 30.3 Å². The molecule has 1 unspecified atom stereocenters. The number of rotatable bonds is 8. The number of hydrogen-bond acceptors (Lipinski definition) is 6. The molecule has 3 heterocycles. The van der Waals surface area contributed by atoms with E-state index >= 15 is 0 Å². The van der Waals surface area contributed by atoms with Crippen LogP contribution >= 0.6 is 0 Å². The van der Waals surface area contributed by atoms with Crippen LogP contribution in [-0.2, 0) is 22.6 Å². The normalized spacial score (nSPS) is 16.1. The summed E-state index contributed by atoms with van der Waals surface area (Å²) < 4.78 is 17.2. The predicted molar refractivity (Wildman–Crippen MR) is 127 cm³/mol. The van der Waals surface area contributed by atoms with Gasteiger partial charge in [-0.05, 0) is 31.0 Å². The van der Waals surface area contributed by atoms with Gasteiger partial charge in [0.15, 0.2) is 5.89 Å². The first kappa shape index (κ1) is 22.2. The first-order valence-electron chi connectivity index (χ1n) is 11.5. The fourth-order valence-electron chi connectivity index (χ4n) is 4.44. The average molecular weight is 461 g/mol. The fraction of sp³-hybridized carbons (Fsp3) is 0.346. The van der Waals surface area contributed by atoms with Gasteiger partial charge >= 0.3 is 0 Å². The largest absolute Gasteiger partial charge is 0.496 e. The maximum Gasteiger partial charge on any atom is 0.248 e. The number of ether oxygens (including phenoxy) is 2. The summed E-state index contributed by atoms with van der Waals surface area (Å²) in [7, 11) is 1.67. The van der Waals surface area contributed by atoms with E-state index in [9.17, 15) is 4.79 Å². The minimum atomic E-state index is -0.0263. The highest BCUT2D eigenvalue weighted by atomic mass is 16.5. The van der Waals surface area contributed by atoms with Gasteiger partial charge in [-0.25, -0.2) is 9.97 Å². The molecule has 0 radical (unpaired) electrons. The van der Waals surface area contributed by atoms with Gasteiger partial charge in [0.2, 0.25) is 5.91 Å². The molecule has 1 atom stereocenters. The average Bonchev–Trinajstić information content (AvgIpc) is 3.51. The molecular formula is C26H28N4O4. The van der Waals surface area contributed by atoms with E-state index in [-0.39, 0.29) is 25.0 Å². The molecule has 176 valence electrons. The second kappa shape index (κ2) is 10.1. The van der Waals surface area contributed by atoms with Crippen LogP contribution in [0.5, 0.6) is 5.75 Å². The maximum atomic E-state index is 12.8. The number of aromatic amines is 1. The van der Waals surface area contributed by atoms with E-state index in [4.69, 9.17) is 13.9 Å². The van der Waals surface area contributed by atoms with Crippen LogP contribution in [0, 0.1) is 0 Å². The summed E-state index contributed by atoms with van der Waals surface area (Å²) in [4.78, 5) is 26.8. The minimum Gasteiger partial charge on any atom is -0.496 e. The Morgan fingerprint density at radius 1 is 1.21 bits per heavy atom. The van der Waals surface area contributed by atoms with Crippen LogP contribution in [0.1, 0.15) is 41.8 Å². The molecule has 5 rings (SSSR count). The lowest BCUT2D eigenvalue weighted by molar-refractivity contribution is -0.138. The summed E-state index contributed by atoms with van der Waals surface area (Å²) in [5.74, 6) is 3.08. The van der Waals surface area contributed by atoms with Gasteiger partial charge in [0.25, 0.3) is 0 Å². The molecular weight excluding hydrogens is 432 g/mol. The van der Waals surface area contributed by atoms with Crippen LogP contribution in [0.2, 0.25) is 0 Å². The molecule has 1 saturated heterocycles. The topological polar surface area (TPSA) is 93.5 Å². The Morgan fingerprint density at radius 3 is 2.94 bits per heavy atom. The Balaban J connectivity index is 1.15. The van der Waals surface area contributed by atoms with E-state index < -0.39 is 0 Å². The van der Waals surface area contributed by atoms with Crippen molar-refractivity contribution in [3.05, 3.63) is 77.8 Å². The van der Waals surface area contributed by atoms with Crippen LogP contribution in [0.15, 0.2) is 59.1 Å². The van der Waals surface area contributed by atoms with Gasteiger partial charge in [-0.15, -0.1) is 0 Å². The highest BCUT2D eigenvalue weighted by Crippen LogP contribution is 2.28. The van der Waals surface area contributed by atoms with Gasteiger partial charge in [-0.3, -0.25) is 4.79 Å². The second-order valence-corrected chi connectivity index (χ2v) is 8.53. The number of nitrogens with one attached hydrogen (secondary N) is 1. The number of carbonyl (C=O) groups is 1. The number of hydrogen-bond donors (Lipinski definition) is 1. The molecule has 0 spiro atoms. The number of likely N-dealkylation sites (tertiary alicyclic amines) is 1. The van der Waals surface area contributed by atoms with Crippen molar-refractivity contribution in [3.8, 4) is 5.75 Å². The molecule has 34 heavy (non-hydrogen) atoms. The Morgan fingerprint density at radius 2 is 2.06 bits per heavy atom. The maximum absolute atomic E-state index is 12.8. The van der Waals surface area contributed by atoms with E-state index in [0.717, 1.165) is 47.5 Å². The Kier molecular flexibility index (Phi) is 6.58. The highest BCUT2D eigenvalue weighted by Gasteiger charge is 2.28. The highest BCUT2D eigenvalue weighted by molar-refractivity contribution is 5.77. The Bertz CT molecular complexity index is 1230. The molecule has 1 aliphatic rings. The van der Waals surface area contributed by atoms with Crippen molar-refractivity contribution in [2.75, 3.05) is 26.8 Å². The van der Waals surface area contributed by atoms with E-state index in [0.29, 0.717) is 24.7 Å². The number of piperidine rings is 1. The molecule has 1 amide bonds. The standard InChI is InChI=1S/C26H28N4O4/c1-32-23-11-5-2-7-18(23)13-20-14-27-26(34-20)19-8-6-12-30(15-19)25(31)17-33-16-24-28-21-9-3-4-10-22(21)29-24/h2-5,7,9-11,14,19H,6,8,12-13,15-17H2,1H3,(H,28,29). The molecule has 4 aromatic rings. The summed E-state index contributed by atoms with van der Waals surface area (Å²) in [6.45, 7) is 1.59. The SMILES string of the molecule is COc1ccccc1Cc1cnc(C2CCCN(C(=O)COCc3nc4ccccc4[nH]3)C2)o1. The van der Waals surface area contributed by atoms with Crippen LogP contribution in [0.4, 0.5) is 0 Å². The van der Waals surface area contributed by atoms with Crippen molar-refractivity contribution in [2.45, 2.75) is 31.8 Å². The van der Waals surface area contributed by atoms with E-state index in [1.54, 1.807) is 13.3 Å². The van der Waals surface area contributed by atoms with Crippen molar-refractivity contribution in [1.29, 1.82) is 0 Å². The lowest BCUT2D eigenvalue weighted by Crippen LogP contribution is -2.41. The van der Waals surface area contributed by atoms with Crippen molar-refractivity contribution < 1.29 is 18.7 Å². The third kappa shape index (κ3) is 4.97. The minimum absolute atomic E-state index is 0.0222. The first-order chi connectivity index (χ1) is 16.7. The molecule has 1 aliphatic heterocycles. The predicted octanol–water partition coefficient (Wildman–Crippen LogP) is 4.07. The number of aromatic nitrogens is 3. The van der Waals surface area contributed by atoms with Gasteiger partial charge in [0, 0.05) is 25.1 Å². The van der Waals surface area contributed by atoms with Crippen molar-refractivity contribution in [2.24, 2.45) is 0 Å². The van der Waals surface area contributed by atoms with Crippen LogP contribution in [0.3, 0.4) is 0 Å². The second-order valence-electron chi connectivity index (χ2n) is 8.53. The fourth-order valence-corrected chi connectivity index (χ4v) is 4.44. The van der Waals surface area contributed by atoms with Crippen LogP contribution in [0.25, 0.3) is 11.0 Å². The molecule has 0 aliphatic carbocycles. The number of H-pyrrole nitrogens is 1. The molecule has 2 aromatic carbocycles. The number of oxazole rings is 1. The molecule has 8 nitrogen and oxygen atoms in total. The van der Waals surface area contributed by atoms with Gasteiger partial charge < -0.3 is 23.8 Å². The van der Waals surface area contributed by atoms with E-state index in [1.165, 1.54) is 0 Å². The summed E-state index contributed by atoms with van der Waals surface area (Å²) in [5, 5.41) is 0. The van der Waals surface area contributed by atoms with Crippen molar-refractivity contribution in [1.82, 2.24) is 19.9 Å². The number of fused-ring (bicyclic) bond motifs is 1. The lowest BCUT2D eigenvalue weighted by Gasteiger charge is -2.31. The molecule has 0 bridgehead atoms. The smallest absolute Gasteiger partial charge is 0.248 e. The van der Waals surface area contributed by atoms with Crippen molar-refractivity contribution in [3.63, 3.8) is 0 Å². The van der Waals surface area contributed by atoms with E-state index in [1.807, 2.05) is 53.4 Å². The molecule has 8 heteroatoms. The molecule has 1 N–H and O–H groups in total. The quantitative estimate of drug-likeness (QED) is 0.426. The van der Waals surface area contributed by atoms with Crippen LogP contribution < -0.4 is 4.74 Å². The zero-order chi connectivity index (χ0) is 23.3. The Labute approximate surface area is 197 Å². The van der Waals surface area contributed by atoms with Crippen LogP contribution in [-0.4, -0.2) is 52.6 Å².